The van der Waals surface area contributed by atoms with Gasteiger partial charge in [-0.05, 0) is 59.8 Å². The molecule has 2 rings (SSSR count). The van der Waals surface area contributed by atoms with Gasteiger partial charge in [0.2, 0.25) is 10.0 Å². The minimum Gasteiger partial charge on any atom is -0.207 e. The van der Waals surface area contributed by atoms with E-state index < -0.39 is 10.0 Å². The van der Waals surface area contributed by atoms with Gasteiger partial charge in [0.05, 0.1) is 4.90 Å². The van der Waals surface area contributed by atoms with E-state index in [0.717, 1.165) is 30.2 Å². The molecule has 0 spiro atoms. The van der Waals surface area contributed by atoms with Gasteiger partial charge >= 0.3 is 0 Å². The van der Waals surface area contributed by atoms with Gasteiger partial charge in [0.25, 0.3) is 0 Å². The Morgan fingerprint density at radius 2 is 2.00 bits per heavy atom. The average Bonchev–Trinajstić information content (AvgIpc) is 2.23. The van der Waals surface area contributed by atoms with Crippen LogP contribution in [0.1, 0.15) is 32.6 Å². The number of rotatable bonds is 4. The van der Waals surface area contributed by atoms with Gasteiger partial charge in [-0.15, -0.1) is 0 Å². The molecule has 1 aliphatic carbocycles. The molecular formula is C12H15Br2NO2S. The SMILES string of the molecule is CCC1(NS(=O)(=O)c2ccc(Br)cc2Br)CCC1. The minimum absolute atomic E-state index is 0.231. The molecule has 0 bridgehead atoms. The van der Waals surface area contributed by atoms with Crippen molar-refractivity contribution in [3.63, 3.8) is 0 Å². The zero-order valence-electron chi connectivity index (χ0n) is 10.0. The molecule has 0 unspecified atom stereocenters. The normalized spacial score (nSPS) is 18.4. The monoisotopic (exact) mass is 395 g/mol. The van der Waals surface area contributed by atoms with Gasteiger partial charge in [-0.25, -0.2) is 13.1 Å². The van der Waals surface area contributed by atoms with Crippen LogP contribution in [0.3, 0.4) is 0 Å². The van der Waals surface area contributed by atoms with Gasteiger partial charge in [0.15, 0.2) is 0 Å². The standard InChI is InChI=1S/C12H15Br2NO2S/c1-2-12(6-3-7-12)15-18(16,17)11-5-4-9(13)8-10(11)14/h4-5,8,15H,2-3,6-7H2,1H3. The lowest BCUT2D eigenvalue weighted by molar-refractivity contribution is 0.214. The largest absolute Gasteiger partial charge is 0.242 e. The summed E-state index contributed by atoms with van der Waals surface area (Å²) in [6.07, 6.45) is 3.78. The molecule has 1 saturated carbocycles. The van der Waals surface area contributed by atoms with Gasteiger partial charge in [-0.3, -0.25) is 0 Å². The molecule has 1 aromatic carbocycles. The van der Waals surface area contributed by atoms with E-state index in [1.54, 1.807) is 18.2 Å². The van der Waals surface area contributed by atoms with Crippen molar-refractivity contribution in [3.05, 3.63) is 27.1 Å². The Bertz CT molecular complexity index is 548. The Labute approximate surface area is 125 Å². The van der Waals surface area contributed by atoms with Crippen molar-refractivity contribution >= 4 is 41.9 Å². The maximum absolute atomic E-state index is 12.4. The molecule has 1 N–H and O–H groups in total. The van der Waals surface area contributed by atoms with Crippen LogP contribution in [0.4, 0.5) is 0 Å². The third-order valence-corrected chi connectivity index (χ3v) is 6.57. The molecule has 18 heavy (non-hydrogen) atoms. The van der Waals surface area contributed by atoms with Crippen LogP contribution in [-0.2, 0) is 10.0 Å². The molecule has 0 radical (unpaired) electrons. The maximum Gasteiger partial charge on any atom is 0.242 e. The molecule has 6 heteroatoms. The highest BCUT2D eigenvalue weighted by Crippen LogP contribution is 2.37. The van der Waals surface area contributed by atoms with Gasteiger partial charge < -0.3 is 0 Å². The second-order valence-electron chi connectivity index (χ2n) is 4.67. The lowest BCUT2D eigenvalue weighted by Gasteiger charge is -2.41. The first-order valence-electron chi connectivity index (χ1n) is 5.88. The van der Waals surface area contributed by atoms with Crippen LogP contribution in [0.2, 0.25) is 0 Å². The fraction of sp³-hybridized carbons (Fsp3) is 0.500. The predicted octanol–water partition coefficient (Wildman–Crippen LogP) is 3.82. The smallest absolute Gasteiger partial charge is 0.207 e. The number of sulfonamides is 1. The first-order chi connectivity index (χ1) is 8.38. The Morgan fingerprint density at radius 3 is 2.44 bits per heavy atom. The molecule has 100 valence electrons. The fourth-order valence-corrected chi connectivity index (χ4v) is 5.44. The predicted molar refractivity (Wildman–Crippen MR) is 79.0 cm³/mol. The first kappa shape index (κ1) is 14.5. The maximum atomic E-state index is 12.4. The van der Waals surface area contributed by atoms with Crippen LogP contribution in [-0.4, -0.2) is 14.0 Å². The number of nitrogens with one attached hydrogen (secondary N) is 1. The van der Waals surface area contributed by atoms with E-state index in [-0.39, 0.29) is 5.54 Å². The quantitative estimate of drug-likeness (QED) is 0.840. The summed E-state index contributed by atoms with van der Waals surface area (Å²) in [6, 6.07) is 5.09. The van der Waals surface area contributed by atoms with Gasteiger partial charge in [-0.1, -0.05) is 22.9 Å². The lowest BCUT2D eigenvalue weighted by Crippen LogP contribution is -2.52. The molecule has 0 aliphatic heterocycles. The van der Waals surface area contributed by atoms with Crippen LogP contribution < -0.4 is 4.72 Å². The van der Waals surface area contributed by atoms with Crippen molar-refractivity contribution < 1.29 is 8.42 Å². The van der Waals surface area contributed by atoms with Crippen molar-refractivity contribution in [1.82, 2.24) is 4.72 Å². The Balaban J connectivity index is 2.31. The molecule has 3 nitrogen and oxygen atoms in total. The van der Waals surface area contributed by atoms with E-state index in [4.69, 9.17) is 0 Å². The summed E-state index contributed by atoms with van der Waals surface area (Å²) in [5.74, 6) is 0. The summed E-state index contributed by atoms with van der Waals surface area (Å²) < 4.78 is 29.0. The van der Waals surface area contributed by atoms with Crippen molar-refractivity contribution in [2.24, 2.45) is 0 Å². The van der Waals surface area contributed by atoms with E-state index in [0.29, 0.717) is 9.37 Å². The Kier molecular flexibility index (Phi) is 4.21. The average molecular weight is 397 g/mol. The molecule has 0 aromatic heterocycles. The van der Waals surface area contributed by atoms with E-state index in [1.165, 1.54) is 0 Å². The summed E-state index contributed by atoms with van der Waals surface area (Å²) >= 11 is 6.62. The Hall–Kier alpha value is 0.0900. The minimum atomic E-state index is -3.46. The molecule has 0 amide bonds. The first-order valence-corrected chi connectivity index (χ1v) is 8.94. The Morgan fingerprint density at radius 1 is 1.33 bits per heavy atom. The van der Waals surface area contributed by atoms with Crippen LogP contribution >= 0.6 is 31.9 Å². The molecular weight excluding hydrogens is 382 g/mol. The van der Waals surface area contributed by atoms with E-state index in [1.807, 2.05) is 6.92 Å². The summed E-state index contributed by atoms with van der Waals surface area (Å²) in [6.45, 7) is 2.03. The van der Waals surface area contributed by atoms with Crippen molar-refractivity contribution in [2.45, 2.75) is 43.0 Å². The van der Waals surface area contributed by atoms with E-state index in [2.05, 4.69) is 36.6 Å². The number of halogens is 2. The van der Waals surface area contributed by atoms with Crippen LogP contribution in [0.25, 0.3) is 0 Å². The highest BCUT2D eigenvalue weighted by atomic mass is 79.9. The number of hydrogen-bond acceptors (Lipinski definition) is 2. The summed E-state index contributed by atoms with van der Waals surface area (Å²) in [5, 5.41) is 0. The van der Waals surface area contributed by atoms with Crippen molar-refractivity contribution in [2.75, 3.05) is 0 Å². The van der Waals surface area contributed by atoms with Crippen LogP contribution in [0, 0.1) is 0 Å². The van der Waals surface area contributed by atoms with Crippen molar-refractivity contribution in [3.8, 4) is 0 Å². The fourth-order valence-electron chi connectivity index (χ4n) is 2.16. The molecule has 1 fully saturated rings. The second-order valence-corrected chi connectivity index (χ2v) is 8.09. The third-order valence-electron chi connectivity index (χ3n) is 3.52. The lowest BCUT2D eigenvalue weighted by atomic mass is 9.76. The summed E-state index contributed by atoms with van der Waals surface area (Å²) in [7, 11) is -3.46. The molecule has 0 saturated heterocycles. The van der Waals surface area contributed by atoms with Crippen LogP contribution in [0.15, 0.2) is 32.0 Å². The van der Waals surface area contributed by atoms with Gasteiger partial charge in [-0.2, -0.15) is 0 Å². The highest BCUT2D eigenvalue weighted by Gasteiger charge is 2.39. The molecule has 0 heterocycles. The van der Waals surface area contributed by atoms with E-state index >= 15 is 0 Å². The highest BCUT2D eigenvalue weighted by molar-refractivity contribution is 9.11. The van der Waals surface area contributed by atoms with Gasteiger partial charge in [0, 0.05) is 14.5 Å². The summed E-state index contributed by atoms with van der Waals surface area (Å²) in [5.41, 5.74) is -0.231. The van der Waals surface area contributed by atoms with Crippen LogP contribution in [0.5, 0.6) is 0 Å². The van der Waals surface area contributed by atoms with Gasteiger partial charge in [0.1, 0.15) is 0 Å². The van der Waals surface area contributed by atoms with E-state index in [9.17, 15) is 8.42 Å². The summed E-state index contributed by atoms with van der Waals surface area (Å²) in [4.78, 5) is 0.297. The molecule has 1 aromatic rings. The third kappa shape index (κ3) is 2.81. The van der Waals surface area contributed by atoms with Crippen molar-refractivity contribution in [1.29, 1.82) is 0 Å². The topological polar surface area (TPSA) is 46.2 Å². The second kappa shape index (κ2) is 5.23. The number of benzene rings is 1. The molecule has 0 atom stereocenters. The zero-order valence-corrected chi connectivity index (χ0v) is 14.0. The zero-order chi connectivity index (χ0) is 13.4. The molecule has 1 aliphatic rings. The number of hydrogen-bond donors (Lipinski definition) is 1.